The second-order valence-electron chi connectivity index (χ2n) is 6.52. The van der Waals surface area contributed by atoms with Crippen LogP contribution in [0.4, 0.5) is 11.4 Å². The van der Waals surface area contributed by atoms with Crippen molar-refractivity contribution in [2.75, 3.05) is 4.31 Å². The SMILES string of the molecule is O=C(O)c1ccc(C#Cc2ccccc2N(c2cccc3c(Cl)ccnc23)[SH](=O)=O)cn1. The number of nitrogens with zero attached hydrogens (tertiary/aromatic N) is 3. The van der Waals surface area contributed by atoms with Crippen LogP contribution in [0.3, 0.4) is 0 Å². The Morgan fingerprint density at radius 3 is 2.44 bits per heavy atom. The van der Waals surface area contributed by atoms with E-state index in [1.54, 1.807) is 48.5 Å². The number of hydrogen-bond acceptors (Lipinski definition) is 5. The smallest absolute Gasteiger partial charge is 0.354 e. The molecule has 0 unspecified atom stereocenters. The van der Waals surface area contributed by atoms with Gasteiger partial charge in [0.15, 0.2) is 0 Å². The first-order valence-corrected chi connectivity index (χ1v) is 10.7. The molecule has 0 radical (unpaired) electrons. The average Bonchev–Trinajstić information content (AvgIpc) is 2.79. The molecule has 0 aliphatic heterocycles. The number of para-hydroxylation sites is 2. The molecule has 0 aliphatic carbocycles. The molecule has 0 spiro atoms. The maximum Gasteiger partial charge on any atom is 0.354 e. The molecule has 0 amide bonds. The van der Waals surface area contributed by atoms with Crippen LogP contribution in [-0.4, -0.2) is 29.5 Å². The Morgan fingerprint density at radius 1 is 0.938 bits per heavy atom. The van der Waals surface area contributed by atoms with Crippen molar-refractivity contribution < 1.29 is 18.3 Å². The lowest BCUT2D eigenvalue weighted by Gasteiger charge is -2.20. The summed E-state index contributed by atoms with van der Waals surface area (Å²) in [7, 11) is -3.09. The van der Waals surface area contributed by atoms with Gasteiger partial charge in [0.05, 0.1) is 21.9 Å². The van der Waals surface area contributed by atoms with Crippen molar-refractivity contribution in [3.63, 3.8) is 0 Å². The summed E-state index contributed by atoms with van der Waals surface area (Å²) in [5.41, 5.74) is 1.99. The minimum absolute atomic E-state index is 0.0902. The van der Waals surface area contributed by atoms with Crippen LogP contribution in [0.25, 0.3) is 10.9 Å². The van der Waals surface area contributed by atoms with E-state index in [4.69, 9.17) is 16.7 Å². The molecule has 0 aliphatic rings. The van der Waals surface area contributed by atoms with Crippen molar-refractivity contribution in [1.29, 1.82) is 0 Å². The molecule has 4 aromatic rings. The second kappa shape index (κ2) is 9.06. The van der Waals surface area contributed by atoms with Gasteiger partial charge in [-0.25, -0.2) is 22.5 Å². The second-order valence-corrected chi connectivity index (χ2v) is 7.80. The van der Waals surface area contributed by atoms with Crippen LogP contribution >= 0.6 is 11.6 Å². The van der Waals surface area contributed by atoms with Gasteiger partial charge in [-0.3, -0.25) is 4.98 Å². The van der Waals surface area contributed by atoms with Gasteiger partial charge in [0.25, 0.3) is 0 Å². The van der Waals surface area contributed by atoms with Gasteiger partial charge in [-0.1, -0.05) is 47.7 Å². The maximum atomic E-state index is 12.3. The van der Waals surface area contributed by atoms with Gasteiger partial charge >= 0.3 is 5.97 Å². The first kappa shape index (κ1) is 21.3. The van der Waals surface area contributed by atoms with Crippen molar-refractivity contribution in [3.8, 4) is 11.8 Å². The number of benzene rings is 2. The molecule has 2 aromatic carbocycles. The largest absolute Gasteiger partial charge is 0.477 e. The predicted molar refractivity (Wildman–Crippen MR) is 123 cm³/mol. The van der Waals surface area contributed by atoms with Crippen molar-refractivity contribution in [3.05, 3.63) is 94.9 Å². The fraction of sp³-hybridized carbons (Fsp3) is 0. The quantitative estimate of drug-likeness (QED) is 0.350. The van der Waals surface area contributed by atoms with Gasteiger partial charge in [0, 0.05) is 28.9 Å². The molecule has 2 heterocycles. The van der Waals surface area contributed by atoms with E-state index in [9.17, 15) is 13.2 Å². The molecule has 0 atom stereocenters. The van der Waals surface area contributed by atoms with Crippen LogP contribution < -0.4 is 4.31 Å². The Morgan fingerprint density at radius 2 is 1.72 bits per heavy atom. The molecule has 7 nitrogen and oxygen atoms in total. The van der Waals surface area contributed by atoms with Crippen LogP contribution in [0, 0.1) is 11.8 Å². The summed E-state index contributed by atoms with van der Waals surface area (Å²) in [5, 5.41) is 10.0. The third-order valence-corrected chi connectivity index (χ3v) is 5.63. The minimum Gasteiger partial charge on any atom is -0.477 e. The van der Waals surface area contributed by atoms with E-state index in [1.807, 2.05) is 0 Å². The number of rotatable bonds is 4. The van der Waals surface area contributed by atoms with Gasteiger partial charge in [0.1, 0.15) is 5.69 Å². The lowest BCUT2D eigenvalue weighted by Crippen LogP contribution is -2.16. The summed E-state index contributed by atoms with van der Waals surface area (Å²) >= 11 is 6.26. The van der Waals surface area contributed by atoms with Gasteiger partial charge in [-0.15, -0.1) is 0 Å². The number of halogens is 1. The highest BCUT2D eigenvalue weighted by Crippen LogP contribution is 2.35. The molecule has 0 fully saturated rings. The molecule has 0 saturated carbocycles. The van der Waals surface area contributed by atoms with Crippen molar-refractivity contribution >= 4 is 50.7 Å². The lowest BCUT2D eigenvalue weighted by molar-refractivity contribution is 0.0690. The van der Waals surface area contributed by atoms with E-state index in [2.05, 4.69) is 21.8 Å². The summed E-state index contributed by atoms with van der Waals surface area (Å²) in [6.07, 6.45) is 2.87. The number of carboxylic acid groups (broad SMARTS) is 1. The van der Waals surface area contributed by atoms with Crippen LogP contribution in [-0.2, 0) is 10.9 Å². The maximum absolute atomic E-state index is 12.3. The molecule has 2 aromatic heterocycles. The zero-order valence-corrected chi connectivity index (χ0v) is 17.9. The normalized spacial score (nSPS) is 10.6. The number of anilines is 2. The van der Waals surface area contributed by atoms with E-state index < -0.39 is 16.9 Å². The molecule has 1 N–H and O–H groups in total. The van der Waals surface area contributed by atoms with Crippen molar-refractivity contribution in [1.82, 2.24) is 9.97 Å². The van der Waals surface area contributed by atoms with Crippen molar-refractivity contribution in [2.45, 2.75) is 0 Å². The molecular formula is C23H14ClN3O4S. The molecule has 32 heavy (non-hydrogen) atoms. The number of carbonyl (C=O) groups is 1. The molecular weight excluding hydrogens is 450 g/mol. The Bertz CT molecular complexity index is 1470. The van der Waals surface area contributed by atoms with E-state index in [0.717, 1.165) is 4.31 Å². The topological polar surface area (TPSA) is 100 Å². The fourth-order valence-electron chi connectivity index (χ4n) is 3.10. The predicted octanol–water partition coefficient (Wildman–Crippen LogP) is 4.05. The first-order chi connectivity index (χ1) is 15.5. The summed E-state index contributed by atoms with van der Waals surface area (Å²) in [5.74, 6) is 4.71. The van der Waals surface area contributed by atoms with Gasteiger partial charge in [-0.05, 0) is 36.4 Å². The average molecular weight is 464 g/mol. The lowest BCUT2D eigenvalue weighted by atomic mass is 10.1. The zero-order chi connectivity index (χ0) is 22.7. The Kier molecular flexibility index (Phi) is 6.03. The summed E-state index contributed by atoms with van der Waals surface area (Å²) in [6.45, 7) is 0. The van der Waals surface area contributed by atoms with Crippen LogP contribution in [0.2, 0.25) is 5.02 Å². The van der Waals surface area contributed by atoms with Gasteiger partial charge < -0.3 is 5.11 Å². The van der Waals surface area contributed by atoms with Gasteiger partial charge in [-0.2, -0.15) is 0 Å². The van der Waals surface area contributed by atoms with E-state index in [0.29, 0.717) is 38.4 Å². The van der Waals surface area contributed by atoms with Gasteiger partial charge in [0.2, 0.25) is 10.9 Å². The number of pyridine rings is 2. The minimum atomic E-state index is -3.09. The highest BCUT2D eigenvalue weighted by Gasteiger charge is 2.18. The number of aromatic nitrogens is 2. The van der Waals surface area contributed by atoms with Crippen LogP contribution in [0.15, 0.2) is 73.1 Å². The molecule has 0 saturated heterocycles. The summed E-state index contributed by atoms with van der Waals surface area (Å²) in [6, 6.07) is 16.4. The Labute approximate surface area is 190 Å². The highest BCUT2D eigenvalue weighted by molar-refractivity contribution is 7.74. The Hall–Kier alpha value is -3.93. The van der Waals surface area contributed by atoms with Crippen molar-refractivity contribution in [2.24, 2.45) is 0 Å². The number of aromatic carboxylic acids is 1. The highest BCUT2D eigenvalue weighted by atomic mass is 35.5. The third kappa shape index (κ3) is 4.25. The van der Waals surface area contributed by atoms with Crippen LogP contribution in [0.1, 0.15) is 21.6 Å². The summed E-state index contributed by atoms with van der Waals surface area (Å²) in [4.78, 5) is 19.1. The van der Waals surface area contributed by atoms with Crippen LogP contribution in [0.5, 0.6) is 0 Å². The monoisotopic (exact) mass is 463 g/mol. The molecule has 158 valence electrons. The standard InChI is InChI=1S/C23H14ClN3O4S/c24-18-12-13-25-22-17(18)5-3-7-21(22)27(32(30)31)20-6-2-1-4-16(20)10-8-15-9-11-19(23(28)29)26-14-15/h1-7,9,11-14,32H,(H,28,29). The number of thiol groups is 1. The zero-order valence-electron chi connectivity index (χ0n) is 16.3. The number of fused-ring (bicyclic) bond motifs is 1. The summed E-state index contributed by atoms with van der Waals surface area (Å²) < 4.78 is 25.8. The molecule has 9 heteroatoms. The third-order valence-electron chi connectivity index (χ3n) is 4.54. The fourth-order valence-corrected chi connectivity index (χ4v) is 4.00. The van der Waals surface area contributed by atoms with E-state index in [1.165, 1.54) is 24.5 Å². The van der Waals surface area contributed by atoms with E-state index >= 15 is 0 Å². The molecule has 0 bridgehead atoms. The number of hydrogen-bond donors (Lipinski definition) is 2. The molecule has 4 rings (SSSR count). The number of carboxylic acids is 1. The first-order valence-electron chi connectivity index (χ1n) is 9.24. The Balaban J connectivity index is 1.82. The van der Waals surface area contributed by atoms with E-state index in [-0.39, 0.29) is 5.69 Å².